The van der Waals surface area contributed by atoms with Crippen LogP contribution >= 0.6 is 0 Å². The van der Waals surface area contributed by atoms with Gasteiger partial charge in [-0.1, -0.05) is 65.2 Å². The van der Waals surface area contributed by atoms with Gasteiger partial charge in [-0.2, -0.15) is 0 Å². The van der Waals surface area contributed by atoms with Crippen LogP contribution in [0.3, 0.4) is 0 Å². The molecule has 31 heavy (non-hydrogen) atoms. The van der Waals surface area contributed by atoms with Gasteiger partial charge >= 0.3 is 0 Å². The van der Waals surface area contributed by atoms with Crippen molar-refractivity contribution < 1.29 is 4.74 Å². The zero-order valence-corrected chi connectivity index (χ0v) is 20.1. The fourth-order valence-electron chi connectivity index (χ4n) is 4.31. The average Bonchev–Trinajstić information content (AvgIpc) is 3.48. The van der Waals surface area contributed by atoms with Crippen molar-refractivity contribution in [3.8, 4) is 0 Å². The minimum Gasteiger partial charge on any atom is -0.375 e. The van der Waals surface area contributed by atoms with E-state index in [9.17, 15) is 0 Å². The van der Waals surface area contributed by atoms with Gasteiger partial charge in [0.25, 0.3) is 0 Å². The summed E-state index contributed by atoms with van der Waals surface area (Å²) in [5, 5.41) is 0. The summed E-state index contributed by atoms with van der Waals surface area (Å²) >= 11 is 0. The first-order valence-corrected chi connectivity index (χ1v) is 12.9. The Morgan fingerprint density at radius 2 is 1.10 bits per heavy atom. The molecule has 2 aromatic rings. The second-order valence-electron chi connectivity index (χ2n) is 9.02. The van der Waals surface area contributed by atoms with E-state index in [1.807, 2.05) is 12.4 Å². The van der Waals surface area contributed by atoms with Crippen LogP contribution in [0.2, 0.25) is 0 Å². The summed E-state index contributed by atoms with van der Waals surface area (Å²) in [4.78, 5) is 14.8. The molecule has 2 rings (SSSR count). The van der Waals surface area contributed by atoms with Gasteiger partial charge < -0.3 is 14.7 Å². The van der Waals surface area contributed by atoms with Crippen molar-refractivity contribution in [2.45, 2.75) is 129 Å². The lowest BCUT2D eigenvalue weighted by atomic mass is 10.0. The van der Waals surface area contributed by atoms with Gasteiger partial charge in [0.05, 0.1) is 24.9 Å². The lowest BCUT2D eigenvalue weighted by Gasteiger charge is -2.26. The molecule has 176 valence electrons. The maximum atomic E-state index is 6.80. The molecule has 2 unspecified atom stereocenters. The highest BCUT2D eigenvalue weighted by atomic mass is 16.5. The zero-order chi connectivity index (χ0) is 22.0. The van der Waals surface area contributed by atoms with Gasteiger partial charge in [-0.25, -0.2) is 9.97 Å². The van der Waals surface area contributed by atoms with Gasteiger partial charge in [0.1, 0.15) is 0 Å². The minimum atomic E-state index is 0.392. The standard InChI is InChI=1S/C26H46N4O/c1-3-5-7-9-15-25(17-11-13-23-19-27-21-29-23)31-26(16-10-8-6-4-2)18-12-14-24-20-28-22-30-24/h19-22,25-26H,3-18H2,1-2H3,(H,27,29)(H,28,30). The largest absolute Gasteiger partial charge is 0.375 e. The van der Waals surface area contributed by atoms with E-state index in [0.717, 1.165) is 38.5 Å². The number of ether oxygens (including phenoxy) is 1. The average molecular weight is 431 g/mol. The van der Waals surface area contributed by atoms with Gasteiger partial charge in [-0.05, 0) is 51.4 Å². The Kier molecular flexibility index (Phi) is 14.1. The van der Waals surface area contributed by atoms with Crippen LogP contribution in [0.5, 0.6) is 0 Å². The molecule has 2 heterocycles. The van der Waals surface area contributed by atoms with Gasteiger partial charge in [-0.3, -0.25) is 0 Å². The van der Waals surface area contributed by atoms with Crippen molar-refractivity contribution in [2.75, 3.05) is 0 Å². The molecule has 0 saturated carbocycles. The topological polar surface area (TPSA) is 66.6 Å². The van der Waals surface area contributed by atoms with Crippen LogP contribution in [0, 0.1) is 0 Å². The van der Waals surface area contributed by atoms with Crippen molar-refractivity contribution in [3.05, 3.63) is 36.4 Å². The van der Waals surface area contributed by atoms with Crippen molar-refractivity contribution in [1.82, 2.24) is 19.9 Å². The molecule has 2 aromatic heterocycles. The maximum Gasteiger partial charge on any atom is 0.0921 e. The van der Waals surface area contributed by atoms with Gasteiger partial charge in [0.15, 0.2) is 0 Å². The fraction of sp³-hybridized carbons (Fsp3) is 0.769. The summed E-state index contributed by atoms with van der Waals surface area (Å²) < 4.78 is 6.80. The zero-order valence-electron chi connectivity index (χ0n) is 20.1. The molecule has 2 atom stereocenters. The number of hydrogen-bond acceptors (Lipinski definition) is 3. The highest BCUT2D eigenvalue weighted by Crippen LogP contribution is 2.22. The number of aromatic amines is 2. The lowest BCUT2D eigenvalue weighted by molar-refractivity contribution is -0.0318. The van der Waals surface area contributed by atoms with E-state index in [1.165, 1.54) is 75.6 Å². The number of aryl methyl sites for hydroxylation is 2. The number of hydrogen-bond donors (Lipinski definition) is 2. The Hall–Kier alpha value is -1.62. The van der Waals surface area contributed by atoms with Crippen molar-refractivity contribution in [3.63, 3.8) is 0 Å². The smallest absolute Gasteiger partial charge is 0.0921 e. The lowest BCUT2D eigenvalue weighted by Crippen LogP contribution is -2.23. The van der Waals surface area contributed by atoms with Crippen LogP contribution in [-0.4, -0.2) is 32.1 Å². The van der Waals surface area contributed by atoms with Crippen LogP contribution in [-0.2, 0) is 17.6 Å². The Morgan fingerprint density at radius 1 is 0.645 bits per heavy atom. The van der Waals surface area contributed by atoms with Gasteiger partial charge in [-0.15, -0.1) is 0 Å². The fourth-order valence-corrected chi connectivity index (χ4v) is 4.31. The van der Waals surface area contributed by atoms with Crippen LogP contribution < -0.4 is 0 Å². The normalized spacial score (nSPS) is 13.5. The molecule has 0 fully saturated rings. The molecule has 0 saturated heterocycles. The summed E-state index contributed by atoms with van der Waals surface area (Å²) in [5.74, 6) is 0. The van der Waals surface area contributed by atoms with Crippen LogP contribution in [0.25, 0.3) is 0 Å². The van der Waals surface area contributed by atoms with E-state index in [0.29, 0.717) is 12.2 Å². The van der Waals surface area contributed by atoms with Crippen LogP contribution in [0.15, 0.2) is 25.0 Å². The summed E-state index contributed by atoms with van der Waals surface area (Å²) in [7, 11) is 0. The Balaban J connectivity index is 1.83. The number of H-pyrrole nitrogens is 2. The number of nitrogens with one attached hydrogen (secondary N) is 2. The summed E-state index contributed by atoms with van der Waals surface area (Å²) in [6.45, 7) is 4.56. The molecule has 0 aliphatic carbocycles. The highest BCUT2D eigenvalue weighted by molar-refractivity contribution is 4.94. The molecular weight excluding hydrogens is 384 g/mol. The number of aromatic nitrogens is 4. The molecule has 5 heteroatoms. The Morgan fingerprint density at radius 3 is 1.48 bits per heavy atom. The van der Waals surface area contributed by atoms with E-state index in [-0.39, 0.29) is 0 Å². The van der Waals surface area contributed by atoms with E-state index >= 15 is 0 Å². The predicted molar refractivity (Wildman–Crippen MR) is 129 cm³/mol. The number of rotatable bonds is 20. The quantitative estimate of drug-likeness (QED) is 0.219. The summed E-state index contributed by atoms with van der Waals surface area (Å²) in [6.07, 6.45) is 27.9. The number of unbranched alkanes of at least 4 members (excludes halogenated alkanes) is 6. The van der Waals surface area contributed by atoms with Crippen molar-refractivity contribution in [2.24, 2.45) is 0 Å². The molecular formula is C26H46N4O. The first-order valence-electron chi connectivity index (χ1n) is 12.9. The monoisotopic (exact) mass is 430 g/mol. The van der Waals surface area contributed by atoms with Gasteiger partial charge in [0.2, 0.25) is 0 Å². The second kappa shape index (κ2) is 17.0. The van der Waals surface area contributed by atoms with E-state index in [2.05, 4.69) is 33.8 Å². The molecule has 0 amide bonds. The highest BCUT2D eigenvalue weighted by Gasteiger charge is 2.17. The third-order valence-electron chi connectivity index (χ3n) is 6.20. The van der Waals surface area contributed by atoms with Crippen molar-refractivity contribution >= 4 is 0 Å². The minimum absolute atomic E-state index is 0.392. The summed E-state index contributed by atoms with van der Waals surface area (Å²) in [5.41, 5.74) is 2.47. The van der Waals surface area contributed by atoms with E-state index in [4.69, 9.17) is 4.74 Å². The molecule has 0 aliphatic heterocycles. The first-order chi connectivity index (χ1) is 15.3. The summed E-state index contributed by atoms with van der Waals surface area (Å²) in [6, 6.07) is 0. The molecule has 0 radical (unpaired) electrons. The SMILES string of the molecule is CCCCCCC(CCCc1cnc[nH]1)OC(CCCCCC)CCCc1cnc[nH]1. The predicted octanol–water partition coefficient (Wildman–Crippen LogP) is 7.17. The van der Waals surface area contributed by atoms with E-state index < -0.39 is 0 Å². The maximum absolute atomic E-state index is 6.80. The molecule has 0 aromatic carbocycles. The third-order valence-corrected chi connectivity index (χ3v) is 6.20. The Labute approximate surface area is 190 Å². The molecule has 0 aliphatic rings. The molecule has 5 nitrogen and oxygen atoms in total. The van der Waals surface area contributed by atoms with Crippen LogP contribution in [0.1, 0.15) is 115 Å². The third kappa shape index (κ3) is 12.1. The number of nitrogens with zero attached hydrogens (tertiary/aromatic N) is 2. The number of imidazole rings is 2. The van der Waals surface area contributed by atoms with Crippen LogP contribution in [0.4, 0.5) is 0 Å². The molecule has 2 N–H and O–H groups in total. The van der Waals surface area contributed by atoms with E-state index in [1.54, 1.807) is 12.7 Å². The molecule has 0 spiro atoms. The van der Waals surface area contributed by atoms with Gasteiger partial charge in [0, 0.05) is 23.8 Å². The first kappa shape index (κ1) is 25.6. The molecule has 0 bridgehead atoms. The van der Waals surface area contributed by atoms with Crippen molar-refractivity contribution in [1.29, 1.82) is 0 Å². The Bertz CT molecular complexity index is 557. The second-order valence-corrected chi connectivity index (χ2v) is 9.02.